The third-order valence-electron chi connectivity index (χ3n) is 4.35. The van der Waals surface area contributed by atoms with Gasteiger partial charge in [-0.3, -0.25) is 9.59 Å². The number of nitrogens with zero attached hydrogens (tertiary/aromatic N) is 1. The van der Waals surface area contributed by atoms with E-state index in [2.05, 4.69) is 15.9 Å². The second-order valence-electron chi connectivity index (χ2n) is 5.86. The van der Waals surface area contributed by atoms with Crippen molar-refractivity contribution in [2.75, 3.05) is 13.1 Å². The van der Waals surface area contributed by atoms with E-state index in [0.717, 1.165) is 22.9 Å². The molecule has 0 saturated carbocycles. The number of carbonyl (C=O) groups excluding carboxylic acids is 1. The van der Waals surface area contributed by atoms with Gasteiger partial charge in [0.15, 0.2) is 0 Å². The van der Waals surface area contributed by atoms with E-state index in [9.17, 15) is 9.59 Å². The fourth-order valence-electron chi connectivity index (χ4n) is 2.97. The second kappa shape index (κ2) is 7.77. The van der Waals surface area contributed by atoms with Gasteiger partial charge in [0.25, 0.3) is 0 Å². The summed E-state index contributed by atoms with van der Waals surface area (Å²) in [4.78, 5) is 25.6. The topological polar surface area (TPSA) is 57.6 Å². The van der Waals surface area contributed by atoms with Gasteiger partial charge >= 0.3 is 5.97 Å². The Morgan fingerprint density at radius 1 is 1.41 bits per heavy atom. The normalized spacial score (nSPS) is 19.7. The highest BCUT2D eigenvalue weighted by Gasteiger charge is 2.31. The first kappa shape index (κ1) is 17.0. The van der Waals surface area contributed by atoms with Gasteiger partial charge < -0.3 is 10.0 Å². The number of hydrogen-bond donors (Lipinski definition) is 1. The summed E-state index contributed by atoms with van der Waals surface area (Å²) >= 11 is 3.53. The number of likely N-dealkylation sites (tertiary alicyclic amines) is 1. The third-order valence-corrected chi connectivity index (χ3v) is 5.12. The summed E-state index contributed by atoms with van der Waals surface area (Å²) < 4.78 is 1.02. The Bertz CT molecular complexity index is 546. The smallest absolute Gasteiger partial charge is 0.308 e. The largest absolute Gasteiger partial charge is 0.481 e. The minimum atomic E-state index is -0.795. The molecular formula is C17H22BrNO3. The SMILES string of the molecule is CCC(Cc1ccccc1Br)C(=O)N1CCCC(C(=O)O)C1. The molecule has 1 amide bonds. The lowest BCUT2D eigenvalue weighted by Gasteiger charge is -2.33. The van der Waals surface area contributed by atoms with Crippen molar-refractivity contribution in [2.24, 2.45) is 11.8 Å². The third kappa shape index (κ3) is 4.09. The summed E-state index contributed by atoms with van der Waals surface area (Å²) in [6.07, 6.45) is 2.88. The lowest BCUT2D eigenvalue weighted by atomic mass is 9.92. The van der Waals surface area contributed by atoms with Crippen LogP contribution in [0.15, 0.2) is 28.7 Å². The molecule has 1 aliphatic heterocycles. The van der Waals surface area contributed by atoms with Gasteiger partial charge in [-0.1, -0.05) is 41.1 Å². The molecule has 0 aromatic heterocycles. The van der Waals surface area contributed by atoms with Crippen molar-refractivity contribution >= 4 is 27.8 Å². The maximum atomic E-state index is 12.7. The Morgan fingerprint density at radius 3 is 2.77 bits per heavy atom. The summed E-state index contributed by atoms with van der Waals surface area (Å²) in [5, 5.41) is 9.16. The van der Waals surface area contributed by atoms with Crippen molar-refractivity contribution < 1.29 is 14.7 Å². The van der Waals surface area contributed by atoms with Gasteiger partial charge in [0.1, 0.15) is 0 Å². The summed E-state index contributed by atoms with van der Waals surface area (Å²) in [5.41, 5.74) is 1.12. The molecule has 2 unspecified atom stereocenters. The van der Waals surface area contributed by atoms with Crippen LogP contribution in [0.3, 0.4) is 0 Å². The number of carboxylic acid groups (broad SMARTS) is 1. The number of piperidine rings is 1. The molecule has 1 fully saturated rings. The molecule has 2 rings (SSSR count). The molecule has 0 aliphatic carbocycles. The average molecular weight is 368 g/mol. The van der Waals surface area contributed by atoms with E-state index >= 15 is 0 Å². The first-order valence-corrected chi connectivity index (χ1v) is 8.57. The first-order chi connectivity index (χ1) is 10.5. The highest BCUT2D eigenvalue weighted by molar-refractivity contribution is 9.10. The van der Waals surface area contributed by atoms with Crippen LogP contribution in [0.25, 0.3) is 0 Å². The van der Waals surface area contributed by atoms with Gasteiger partial charge in [0.05, 0.1) is 5.92 Å². The lowest BCUT2D eigenvalue weighted by Crippen LogP contribution is -2.45. The highest BCUT2D eigenvalue weighted by atomic mass is 79.9. The molecule has 1 aromatic rings. The molecule has 4 nitrogen and oxygen atoms in total. The summed E-state index contributed by atoms with van der Waals surface area (Å²) in [6.45, 7) is 3.04. The van der Waals surface area contributed by atoms with E-state index in [-0.39, 0.29) is 11.8 Å². The zero-order valence-electron chi connectivity index (χ0n) is 12.8. The van der Waals surface area contributed by atoms with E-state index in [1.165, 1.54) is 0 Å². The number of carboxylic acids is 1. The van der Waals surface area contributed by atoms with Crippen LogP contribution < -0.4 is 0 Å². The number of aliphatic carboxylic acids is 1. The zero-order valence-corrected chi connectivity index (χ0v) is 14.4. The van der Waals surface area contributed by atoms with Crippen LogP contribution in [0.4, 0.5) is 0 Å². The summed E-state index contributed by atoms with van der Waals surface area (Å²) in [7, 11) is 0. The van der Waals surface area contributed by atoms with Crippen LogP contribution in [0, 0.1) is 11.8 Å². The second-order valence-corrected chi connectivity index (χ2v) is 6.72. The monoisotopic (exact) mass is 367 g/mol. The van der Waals surface area contributed by atoms with E-state index in [1.807, 2.05) is 31.2 Å². The maximum Gasteiger partial charge on any atom is 0.308 e. The molecule has 1 saturated heterocycles. The number of amides is 1. The van der Waals surface area contributed by atoms with Crippen molar-refractivity contribution in [3.8, 4) is 0 Å². The van der Waals surface area contributed by atoms with Gasteiger partial charge in [0, 0.05) is 23.5 Å². The molecule has 0 spiro atoms. The van der Waals surface area contributed by atoms with Crippen LogP contribution in [0.2, 0.25) is 0 Å². The molecule has 120 valence electrons. The number of hydrogen-bond acceptors (Lipinski definition) is 2. The van der Waals surface area contributed by atoms with Gasteiger partial charge in [-0.15, -0.1) is 0 Å². The van der Waals surface area contributed by atoms with Gasteiger partial charge in [-0.2, -0.15) is 0 Å². The fraction of sp³-hybridized carbons (Fsp3) is 0.529. The number of rotatable bonds is 5. The number of carbonyl (C=O) groups is 2. The van der Waals surface area contributed by atoms with E-state index in [4.69, 9.17) is 5.11 Å². The maximum absolute atomic E-state index is 12.7. The van der Waals surface area contributed by atoms with Gasteiger partial charge in [-0.05, 0) is 37.3 Å². The van der Waals surface area contributed by atoms with Crippen molar-refractivity contribution in [3.05, 3.63) is 34.3 Å². The average Bonchev–Trinajstić information content (AvgIpc) is 2.53. The Hall–Kier alpha value is -1.36. The molecule has 0 radical (unpaired) electrons. The molecule has 1 heterocycles. The highest BCUT2D eigenvalue weighted by Crippen LogP contribution is 2.24. The molecule has 5 heteroatoms. The zero-order chi connectivity index (χ0) is 16.1. The first-order valence-electron chi connectivity index (χ1n) is 7.78. The lowest BCUT2D eigenvalue weighted by molar-refractivity contribution is -0.146. The molecule has 1 N–H and O–H groups in total. The molecule has 22 heavy (non-hydrogen) atoms. The molecule has 2 atom stereocenters. The van der Waals surface area contributed by atoms with Crippen LogP contribution in [-0.4, -0.2) is 35.0 Å². The molecule has 1 aliphatic rings. The Morgan fingerprint density at radius 2 is 2.14 bits per heavy atom. The Kier molecular flexibility index (Phi) is 6.00. The predicted octanol–water partition coefficient (Wildman–Crippen LogP) is 3.34. The van der Waals surface area contributed by atoms with E-state index < -0.39 is 11.9 Å². The molecule has 1 aromatic carbocycles. The summed E-state index contributed by atoms with van der Waals surface area (Å²) in [5.74, 6) is -1.22. The van der Waals surface area contributed by atoms with E-state index in [1.54, 1.807) is 4.90 Å². The predicted molar refractivity (Wildman–Crippen MR) is 88.6 cm³/mol. The van der Waals surface area contributed by atoms with Crippen LogP contribution in [-0.2, 0) is 16.0 Å². The number of halogens is 1. The number of benzene rings is 1. The van der Waals surface area contributed by atoms with Crippen molar-refractivity contribution in [2.45, 2.75) is 32.6 Å². The minimum Gasteiger partial charge on any atom is -0.481 e. The standard InChI is InChI=1S/C17H22BrNO3/c1-2-12(10-13-6-3-4-8-15(13)18)16(20)19-9-5-7-14(11-19)17(21)22/h3-4,6,8,12,14H,2,5,7,9-11H2,1H3,(H,21,22). The fourth-order valence-corrected chi connectivity index (χ4v) is 3.42. The summed E-state index contributed by atoms with van der Waals surface area (Å²) in [6, 6.07) is 7.93. The van der Waals surface area contributed by atoms with Crippen molar-refractivity contribution in [1.82, 2.24) is 4.90 Å². The molecule has 0 bridgehead atoms. The quantitative estimate of drug-likeness (QED) is 0.867. The van der Waals surface area contributed by atoms with Crippen molar-refractivity contribution in [3.63, 3.8) is 0 Å². The van der Waals surface area contributed by atoms with Crippen LogP contribution >= 0.6 is 15.9 Å². The minimum absolute atomic E-state index is 0.0872. The Balaban J connectivity index is 2.05. The van der Waals surface area contributed by atoms with E-state index in [0.29, 0.717) is 25.9 Å². The van der Waals surface area contributed by atoms with Crippen molar-refractivity contribution in [1.29, 1.82) is 0 Å². The van der Waals surface area contributed by atoms with Crippen LogP contribution in [0.1, 0.15) is 31.7 Å². The molecular weight excluding hydrogens is 346 g/mol. The van der Waals surface area contributed by atoms with Gasteiger partial charge in [0.2, 0.25) is 5.91 Å². The Labute approximate surface area is 139 Å². The van der Waals surface area contributed by atoms with Crippen LogP contribution in [0.5, 0.6) is 0 Å². The van der Waals surface area contributed by atoms with Gasteiger partial charge in [-0.25, -0.2) is 0 Å².